The van der Waals surface area contributed by atoms with Crippen molar-refractivity contribution >= 4 is 5.97 Å². The van der Waals surface area contributed by atoms with E-state index in [1.54, 1.807) is 0 Å². The van der Waals surface area contributed by atoms with Gasteiger partial charge < -0.3 is 10.0 Å². The molecule has 1 N–H and O–H groups in total. The zero-order valence-corrected chi connectivity index (χ0v) is 9.81. The Kier molecular flexibility index (Phi) is 4.50. The molecule has 0 aromatic rings. The number of likely N-dealkylation sites (N-methyl/N-ethyl adjacent to an activating group) is 2. The van der Waals surface area contributed by atoms with Gasteiger partial charge in [0.15, 0.2) is 0 Å². The monoisotopic (exact) mass is 215 g/mol. The first-order chi connectivity index (χ1) is 7.00. The summed E-state index contributed by atoms with van der Waals surface area (Å²) in [6.07, 6.45) is 0. The van der Waals surface area contributed by atoms with Crippen molar-refractivity contribution in [2.24, 2.45) is 0 Å². The molecule has 0 aliphatic carbocycles. The van der Waals surface area contributed by atoms with Gasteiger partial charge in [-0.05, 0) is 21.1 Å². The Hall–Kier alpha value is -0.650. The fourth-order valence-corrected chi connectivity index (χ4v) is 1.74. The molecule has 1 fully saturated rings. The van der Waals surface area contributed by atoms with Gasteiger partial charge in [0.2, 0.25) is 0 Å². The van der Waals surface area contributed by atoms with Crippen molar-refractivity contribution in [3.8, 4) is 0 Å². The van der Waals surface area contributed by atoms with Gasteiger partial charge in [-0.25, -0.2) is 0 Å². The Balaban J connectivity index is 2.40. The van der Waals surface area contributed by atoms with Crippen molar-refractivity contribution in [2.75, 3.05) is 53.9 Å². The summed E-state index contributed by atoms with van der Waals surface area (Å²) in [6, 6.07) is -0.346. The normalized spacial score (nSPS) is 24.7. The number of aliphatic carboxylic acids is 1. The minimum Gasteiger partial charge on any atom is -0.480 e. The van der Waals surface area contributed by atoms with Crippen LogP contribution in [0.1, 0.15) is 0 Å². The highest BCUT2D eigenvalue weighted by Crippen LogP contribution is 2.07. The molecule has 0 radical (unpaired) electrons. The second kappa shape index (κ2) is 5.44. The van der Waals surface area contributed by atoms with E-state index in [2.05, 4.69) is 9.80 Å². The van der Waals surface area contributed by atoms with Crippen LogP contribution in [0.15, 0.2) is 0 Å². The SMILES string of the molecule is CN(C)CCN1CCN(C)C(C(=O)O)C1. The molecule has 88 valence electrons. The lowest BCUT2D eigenvalue weighted by Crippen LogP contribution is -2.55. The molecule has 0 aromatic heterocycles. The van der Waals surface area contributed by atoms with E-state index in [1.807, 2.05) is 26.0 Å². The molecule has 0 aromatic carbocycles. The lowest BCUT2D eigenvalue weighted by molar-refractivity contribution is -0.145. The number of piperazine rings is 1. The summed E-state index contributed by atoms with van der Waals surface area (Å²) in [4.78, 5) is 17.2. The van der Waals surface area contributed by atoms with Crippen LogP contribution in [0.5, 0.6) is 0 Å². The first-order valence-corrected chi connectivity index (χ1v) is 5.31. The predicted octanol–water partition coefficient (Wildman–Crippen LogP) is -0.751. The minimum absolute atomic E-state index is 0.346. The fourth-order valence-electron chi connectivity index (χ4n) is 1.74. The Bertz CT molecular complexity index is 221. The zero-order chi connectivity index (χ0) is 11.4. The third-order valence-electron chi connectivity index (χ3n) is 2.88. The van der Waals surface area contributed by atoms with Crippen LogP contribution in [0.3, 0.4) is 0 Å². The van der Waals surface area contributed by atoms with Crippen LogP contribution in [0.4, 0.5) is 0 Å². The summed E-state index contributed by atoms with van der Waals surface area (Å²) in [5.41, 5.74) is 0. The number of rotatable bonds is 4. The minimum atomic E-state index is -0.716. The van der Waals surface area contributed by atoms with Gasteiger partial charge in [-0.1, -0.05) is 0 Å². The molecule has 0 amide bonds. The van der Waals surface area contributed by atoms with E-state index in [4.69, 9.17) is 5.11 Å². The topological polar surface area (TPSA) is 47.0 Å². The Morgan fingerprint density at radius 3 is 2.67 bits per heavy atom. The molecular formula is C10H21N3O2. The molecule has 1 aliphatic heterocycles. The van der Waals surface area contributed by atoms with Gasteiger partial charge in [0.05, 0.1) is 0 Å². The lowest BCUT2D eigenvalue weighted by atomic mass is 10.2. The highest BCUT2D eigenvalue weighted by atomic mass is 16.4. The lowest BCUT2D eigenvalue weighted by Gasteiger charge is -2.37. The van der Waals surface area contributed by atoms with Crippen molar-refractivity contribution in [3.05, 3.63) is 0 Å². The van der Waals surface area contributed by atoms with Crippen molar-refractivity contribution < 1.29 is 9.90 Å². The molecule has 15 heavy (non-hydrogen) atoms. The molecule has 1 heterocycles. The van der Waals surface area contributed by atoms with E-state index in [0.717, 1.165) is 26.2 Å². The molecule has 0 bridgehead atoms. The average molecular weight is 215 g/mol. The average Bonchev–Trinajstić information content (AvgIpc) is 2.16. The quantitative estimate of drug-likeness (QED) is 0.668. The highest BCUT2D eigenvalue weighted by molar-refractivity contribution is 5.73. The van der Waals surface area contributed by atoms with Gasteiger partial charge in [0, 0.05) is 32.7 Å². The summed E-state index contributed by atoms with van der Waals surface area (Å²) in [7, 11) is 5.94. The van der Waals surface area contributed by atoms with E-state index in [1.165, 1.54) is 0 Å². The van der Waals surface area contributed by atoms with Crippen LogP contribution >= 0.6 is 0 Å². The van der Waals surface area contributed by atoms with Gasteiger partial charge in [-0.15, -0.1) is 0 Å². The maximum Gasteiger partial charge on any atom is 0.322 e. The van der Waals surface area contributed by atoms with Gasteiger partial charge in [-0.2, -0.15) is 0 Å². The molecule has 1 atom stereocenters. The third kappa shape index (κ3) is 3.77. The molecular weight excluding hydrogens is 194 g/mol. The van der Waals surface area contributed by atoms with Crippen molar-refractivity contribution in [1.29, 1.82) is 0 Å². The van der Waals surface area contributed by atoms with E-state index >= 15 is 0 Å². The van der Waals surface area contributed by atoms with Crippen LogP contribution in [0, 0.1) is 0 Å². The number of carbonyl (C=O) groups is 1. The molecule has 1 unspecified atom stereocenters. The van der Waals surface area contributed by atoms with Crippen molar-refractivity contribution in [3.63, 3.8) is 0 Å². The van der Waals surface area contributed by atoms with Crippen LogP contribution in [0.25, 0.3) is 0 Å². The predicted molar refractivity (Wildman–Crippen MR) is 59.0 cm³/mol. The Morgan fingerprint density at radius 2 is 2.13 bits per heavy atom. The number of carboxylic acid groups (broad SMARTS) is 1. The fraction of sp³-hybridized carbons (Fsp3) is 0.900. The van der Waals surface area contributed by atoms with E-state index < -0.39 is 5.97 Å². The van der Waals surface area contributed by atoms with Crippen LogP contribution < -0.4 is 0 Å². The molecule has 0 saturated carbocycles. The summed E-state index contributed by atoms with van der Waals surface area (Å²) < 4.78 is 0. The van der Waals surface area contributed by atoms with Gasteiger partial charge in [0.25, 0.3) is 0 Å². The smallest absolute Gasteiger partial charge is 0.322 e. The second-order valence-corrected chi connectivity index (χ2v) is 4.44. The number of nitrogens with zero attached hydrogens (tertiary/aromatic N) is 3. The van der Waals surface area contributed by atoms with E-state index in [9.17, 15) is 4.79 Å². The van der Waals surface area contributed by atoms with Gasteiger partial charge >= 0.3 is 5.97 Å². The first kappa shape index (κ1) is 12.4. The molecule has 1 aliphatic rings. The maximum atomic E-state index is 11.0. The van der Waals surface area contributed by atoms with Crippen LogP contribution in [-0.4, -0.2) is 85.7 Å². The van der Waals surface area contributed by atoms with Crippen molar-refractivity contribution in [1.82, 2.24) is 14.7 Å². The van der Waals surface area contributed by atoms with Crippen molar-refractivity contribution in [2.45, 2.75) is 6.04 Å². The number of carboxylic acids is 1. The summed E-state index contributed by atoms with van der Waals surface area (Å²) in [6.45, 7) is 4.37. The van der Waals surface area contributed by atoms with Gasteiger partial charge in [0.1, 0.15) is 6.04 Å². The molecule has 5 nitrogen and oxygen atoms in total. The number of hydrogen-bond acceptors (Lipinski definition) is 4. The first-order valence-electron chi connectivity index (χ1n) is 5.31. The van der Waals surface area contributed by atoms with E-state index in [0.29, 0.717) is 6.54 Å². The number of hydrogen-bond donors (Lipinski definition) is 1. The second-order valence-electron chi connectivity index (χ2n) is 4.44. The van der Waals surface area contributed by atoms with Crippen LogP contribution in [0.2, 0.25) is 0 Å². The molecule has 0 spiro atoms. The highest BCUT2D eigenvalue weighted by Gasteiger charge is 2.29. The van der Waals surface area contributed by atoms with E-state index in [-0.39, 0.29) is 6.04 Å². The molecule has 1 saturated heterocycles. The van der Waals surface area contributed by atoms with Crippen LogP contribution in [-0.2, 0) is 4.79 Å². The molecule has 5 heteroatoms. The Morgan fingerprint density at radius 1 is 1.47 bits per heavy atom. The summed E-state index contributed by atoms with van der Waals surface area (Å²) >= 11 is 0. The molecule has 1 rings (SSSR count). The summed E-state index contributed by atoms with van der Waals surface area (Å²) in [5, 5.41) is 9.03. The Labute approximate surface area is 91.3 Å². The van der Waals surface area contributed by atoms with Gasteiger partial charge in [-0.3, -0.25) is 14.6 Å². The zero-order valence-electron chi connectivity index (χ0n) is 9.81. The maximum absolute atomic E-state index is 11.0. The summed E-state index contributed by atoms with van der Waals surface area (Å²) in [5.74, 6) is -0.716. The standard InChI is InChI=1S/C10H21N3O2/c1-11(2)4-6-13-7-5-12(3)9(8-13)10(14)15/h9H,4-8H2,1-3H3,(H,14,15). The largest absolute Gasteiger partial charge is 0.480 e. The third-order valence-corrected chi connectivity index (χ3v) is 2.88.